The van der Waals surface area contributed by atoms with Crippen LogP contribution in [0.25, 0.3) is 0 Å². The lowest BCUT2D eigenvalue weighted by molar-refractivity contribution is 0.768. The van der Waals surface area contributed by atoms with E-state index in [2.05, 4.69) is 60.0 Å². The van der Waals surface area contributed by atoms with Crippen LogP contribution in [0, 0.1) is 18.3 Å². The molecular weight excluding hydrogens is 350 g/mol. The highest BCUT2D eigenvalue weighted by atomic mass is 32.1. The molecule has 3 rings (SSSR count). The number of aryl methyl sites for hydroxylation is 1. The lowest BCUT2D eigenvalue weighted by atomic mass is 9.97. The first-order valence-corrected chi connectivity index (χ1v) is 9.21. The SMILES string of the molecule is Cc1cccc([C@H](NC(=S)Nc2ccc(CC#N)cc2)c2ccccc2)c1. The third-order valence-electron chi connectivity index (χ3n) is 4.28. The number of nitrogens with one attached hydrogen (secondary N) is 2. The van der Waals surface area contributed by atoms with Crippen molar-refractivity contribution in [2.24, 2.45) is 0 Å². The first kappa shape index (κ1) is 18.6. The van der Waals surface area contributed by atoms with E-state index in [1.54, 1.807) is 0 Å². The number of nitriles is 1. The number of hydrogen-bond acceptors (Lipinski definition) is 2. The van der Waals surface area contributed by atoms with Gasteiger partial charge in [0.15, 0.2) is 5.11 Å². The third kappa shape index (κ3) is 5.16. The van der Waals surface area contributed by atoms with Gasteiger partial charge in [0, 0.05) is 5.69 Å². The molecule has 0 fully saturated rings. The lowest BCUT2D eigenvalue weighted by Crippen LogP contribution is -2.33. The van der Waals surface area contributed by atoms with Gasteiger partial charge < -0.3 is 10.6 Å². The zero-order chi connectivity index (χ0) is 19.1. The lowest BCUT2D eigenvalue weighted by Gasteiger charge is -2.22. The van der Waals surface area contributed by atoms with Gasteiger partial charge in [0.05, 0.1) is 18.5 Å². The molecule has 0 aliphatic heterocycles. The summed E-state index contributed by atoms with van der Waals surface area (Å²) in [5.41, 5.74) is 5.41. The number of benzene rings is 3. The molecule has 0 spiro atoms. The van der Waals surface area contributed by atoms with E-state index in [1.807, 2.05) is 42.5 Å². The summed E-state index contributed by atoms with van der Waals surface area (Å²) in [6.07, 6.45) is 0.409. The molecule has 27 heavy (non-hydrogen) atoms. The highest BCUT2D eigenvalue weighted by molar-refractivity contribution is 7.80. The van der Waals surface area contributed by atoms with E-state index < -0.39 is 0 Å². The molecule has 1 atom stereocenters. The second-order valence-electron chi connectivity index (χ2n) is 6.39. The van der Waals surface area contributed by atoms with Crippen LogP contribution in [0.5, 0.6) is 0 Å². The Morgan fingerprint density at radius 2 is 1.67 bits per heavy atom. The van der Waals surface area contributed by atoms with Gasteiger partial charge in [-0.2, -0.15) is 5.26 Å². The van der Waals surface area contributed by atoms with Crippen LogP contribution < -0.4 is 10.6 Å². The van der Waals surface area contributed by atoms with E-state index >= 15 is 0 Å². The van der Waals surface area contributed by atoms with Crippen LogP contribution in [0.15, 0.2) is 78.9 Å². The van der Waals surface area contributed by atoms with Gasteiger partial charge in [0.25, 0.3) is 0 Å². The highest BCUT2D eigenvalue weighted by Crippen LogP contribution is 2.23. The molecule has 0 heterocycles. The first-order chi connectivity index (χ1) is 13.2. The summed E-state index contributed by atoms with van der Waals surface area (Å²) in [6, 6.07) is 28.5. The molecule has 3 nitrogen and oxygen atoms in total. The minimum atomic E-state index is -0.0380. The van der Waals surface area contributed by atoms with Gasteiger partial charge in [-0.05, 0) is 48.0 Å². The predicted octanol–water partition coefficient (Wildman–Crippen LogP) is 5.14. The van der Waals surface area contributed by atoms with Crippen molar-refractivity contribution < 1.29 is 0 Å². The largest absolute Gasteiger partial charge is 0.352 e. The number of anilines is 1. The molecule has 0 unspecified atom stereocenters. The molecule has 0 aromatic heterocycles. The van der Waals surface area contributed by atoms with E-state index in [4.69, 9.17) is 17.5 Å². The molecular formula is C23H21N3S. The minimum absolute atomic E-state index is 0.0380. The van der Waals surface area contributed by atoms with E-state index in [0.717, 1.165) is 22.4 Å². The van der Waals surface area contributed by atoms with Crippen molar-refractivity contribution in [2.75, 3.05) is 5.32 Å². The van der Waals surface area contributed by atoms with Gasteiger partial charge in [-0.3, -0.25) is 0 Å². The molecule has 3 aromatic carbocycles. The van der Waals surface area contributed by atoms with Crippen molar-refractivity contribution in [2.45, 2.75) is 19.4 Å². The van der Waals surface area contributed by atoms with Crippen LogP contribution in [0.3, 0.4) is 0 Å². The molecule has 0 radical (unpaired) electrons. The number of nitrogens with zero attached hydrogens (tertiary/aromatic N) is 1. The van der Waals surface area contributed by atoms with Crippen molar-refractivity contribution >= 4 is 23.0 Å². The standard InChI is InChI=1S/C23H21N3S/c1-17-6-5-9-20(16-17)22(19-7-3-2-4-8-19)26-23(27)25-21-12-10-18(11-13-21)14-15-24/h2-13,16,22H,14H2,1H3,(H2,25,26,27)/t22-/m1/s1. The van der Waals surface area contributed by atoms with E-state index in [9.17, 15) is 0 Å². The van der Waals surface area contributed by atoms with Gasteiger partial charge >= 0.3 is 0 Å². The summed E-state index contributed by atoms with van der Waals surface area (Å²) >= 11 is 5.55. The smallest absolute Gasteiger partial charge is 0.171 e. The first-order valence-electron chi connectivity index (χ1n) is 8.80. The Bertz CT molecular complexity index is 943. The molecule has 134 valence electrons. The van der Waals surface area contributed by atoms with E-state index in [1.165, 1.54) is 5.56 Å². The topological polar surface area (TPSA) is 47.8 Å². The summed E-state index contributed by atoms with van der Waals surface area (Å²) in [6.45, 7) is 2.09. The van der Waals surface area contributed by atoms with Crippen LogP contribution in [0.2, 0.25) is 0 Å². The van der Waals surface area contributed by atoms with E-state index in [0.29, 0.717) is 11.5 Å². The normalized spacial score (nSPS) is 11.3. The minimum Gasteiger partial charge on any atom is -0.352 e. The summed E-state index contributed by atoms with van der Waals surface area (Å²) in [7, 11) is 0. The van der Waals surface area contributed by atoms with Crippen LogP contribution in [-0.4, -0.2) is 5.11 Å². The fourth-order valence-electron chi connectivity index (χ4n) is 2.95. The second-order valence-corrected chi connectivity index (χ2v) is 6.80. The molecule has 2 N–H and O–H groups in total. The fraction of sp³-hybridized carbons (Fsp3) is 0.130. The van der Waals surface area contributed by atoms with Crippen LogP contribution in [-0.2, 0) is 6.42 Å². The maximum Gasteiger partial charge on any atom is 0.171 e. The molecule has 4 heteroatoms. The molecule has 3 aromatic rings. The van der Waals surface area contributed by atoms with Gasteiger partial charge in [0.1, 0.15) is 0 Å². The van der Waals surface area contributed by atoms with E-state index in [-0.39, 0.29) is 6.04 Å². The van der Waals surface area contributed by atoms with Gasteiger partial charge in [0.2, 0.25) is 0 Å². The Morgan fingerprint density at radius 3 is 2.33 bits per heavy atom. The molecule has 0 aliphatic carbocycles. The second kappa shape index (κ2) is 8.98. The average molecular weight is 372 g/mol. The van der Waals surface area contributed by atoms with Crippen molar-refractivity contribution in [3.63, 3.8) is 0 Å². The molecule has 0 aliphatic rings. The zero-order valence-electron chi connectivity index (χ0n) is 15.1. The summed E-state index contributed by atoms with van der Waals surface area (Å²) in [4.78, 5) is 0. The Morgan fingerprint density at radius 1 is 0.963 bits per heavy atom. The number of thiocarbonyl (C=S) groups is 1. The number of hydrogen-bond donors (Lipinski definition) is 2. The quantitative estimate of drug-likeness (QED) is 0.610. The third-order valence-corrected chi connectivity index (χ3v) is 4.50. The molecule has 0 bridgehead atoms. The Hall–Kier alpha value is -3.16. The van der Waals surface area contributed by atoms with Gasteiger partial charge in [-0.15, -0.1) is 0 Å². The van der Waals surface area contributed by atoms with Crippen molar-refractivity contribution in [3.8, 4) is 6.07 Å². The van der Waals surface area contributed by atoms with Crippen LogP contribution >= 0.6 is 12.2 Å². The monoisotopic (exact) mass is 371 g/mol. The summed E-state index contributed by atoms with van der Waals surface area (Å²) in [5, 5.41) is 16.0. The average Bonchev–Trinajstić information content (AvgIpc) is 2.68. The fourth-order valence-corrected chi connectivity index (χ4v) is 3.19. The summed E-state index contributed by atoms with van der Waals surface area (Å²) in [5.74, 6) is 0. The van der Waals surface area contributed by atoms with Crippen molar-refractivity contribution in [1.29, 1.82) is 5.26 Å². The van der Waals surface area contributed by atoms with Crippen molar-refractivity contribution in [3.05, 3.63) is 101 Å². The maximum atomic E-state index is 8.77. The molecule has 0 saturated carbocycles. The van der Waals surface area contributed by atoms with Crippen LogP contribution in [0.4, 0.5) is 5.69 Å². The van der Waals surface area contributed by atoms with Crippen LogP contribution in [0.1, 0.15) is 28.3 Å². The highest BCUT2D eigenvalue weighted by Gasteiger charge is 2.15. The maximum absolute atomic E-state index is 8.77. The van der Waals surface area contributed by atoms with Crippen molar-refractivity contribution in [1.82, 2.24) is 5.32 Å². The molecule has 0 amide bonds. The number of rotatable bonds is 5. The molecule has 0 saturated heterocycles. The Balaban J connectivity index is 1.77. The Labute approximate surface area is 165 Å². The summed E-state index contributed by atoms with van der Waals surface area (Å²) < 4.78 is 0. The Kier molecular flexibility index (Phi) is 6.19. The van der Waals surface area contributed by atoms with Gasteiger partial charge in [-0.25, -0.2) is 0 Å². The zero-order valence-corrected chi connectivity index (χ0v) is 16.0. The predicted molar refractivity (Wildman–Crippen MR) is 115 cm³/mol. The van der Waals surface area contributed by atoms with Gasteiger partial charge in [-0.1, -0.05) is 72.3 Å².